The van der Waals surface area contributed by atoms with Gasteiger partial charge in [0.15, 0.2) is 0 Å². The van der Waals surface area contributed by atoms with Gasteiger partial charge in [-0.3, -0.25) is 9.59 Å². The first-order valence-electron chi connectivity index (χ1n) is 24.9. The van der Waals surface area contributed by atoms with Crippen molar-refractivity contribution in [3.05, 3.63) is 155 Å². The molecule has 3 amide bonds. The number of nitrogens with one attached hydrogen (secondary N) is 3. The molecule has 2 aliphatic heterocycles. The van der Waals surface area contributed by atoms with Crippen LogP contribution >= 0.6 is 0 Å². The van der Waals surface area contributed by atoms with E-state index in [1.165, 1.54) is 10.8 Å². The molecule has 0 aliphatic carbocycles. The molecule has 8 rings (SSSR count). The Kier molecular flexibility index (Phi) is 16.0. The summed E-state index contributed by atoms with van der Waals surface area (Å²) in [6, 6.07) is 41.7. The predicted molar refractivity (Wildman–Crippen MR) is 285 cm³/mol. The smallest absolute Gasteiger partial charge is 0.410 e. The second-order valence-corrected chi connectivity index (χ2v) is 20.7. The number of aryl methyl sites for hydroxylation is 2. The highest BCUT2D eigenvalue weighted by Gasteiger charge is 2.35. The Balaban J connectivity index is 0.000000208. The molecular formula is C59H74N6O4. The maximum absolute atomic E-state index is 13.5. The fourth-order valence-electron chi connectivity index (χ4n) is 9.68. The van der Waals surface area contributed by atoms with Gasteiger partial charge in [-0.05, 0) is 128 Å². The first-order chi connectivity index (χ1) is 32.9. The number of ether oxygens (including phenoxy) is 1. The number of anilines is 2. The van der Waals surface area contributed by atoms with Crippen molar-refractivity contribution >= 4 is 50.8 Å². The zero-order valence-corrected chi connectivity index (χ0v) is 42.7. The van der Waals surface area contributed by atoms with E-state index in [1.807, 2.05) is 88.9 Å². The van der Waals surface area contributed by atoms with Crippen LogP contribution in [0.25, 0.3) is 21.5 Å². The van der Waals surface area contributed by atoms with Gasteiger partial charge in [0.2, 0.25) is 0 Å². The van der Waals surface area contributed by atoms with Gasteiger partial charge >= 0.3 is 6.09 Å². The third kappa shape index (κ3) is 12.3. The van der Waals surface area contributed by atoms with E-state index in [2.05, 4.69) is 139 Å². The first kappa shape index (κ1) is 50.5. The van der Waals surface area contributed by atoms with Crippen LogP contribution in [0.2, 0.25) is 0 Å². The van der Waals surface area contributed by atoms with Gasteiger partial charge in [-0.1, -0.05) is 125 Å². The number of rotatable bonds is 10. The minimum atomic E-state index is -0.530. The lowest BCUT2D eigenvalue weighted by Crippen LogP contribution is -2.58. The molecule has 0 bridgehead atoms. The molecule has 3 N–H and O–H groups in total. The van der Waals surface area contributed by atoms with E-state index in [0.29, 0.717) is 37.2 Å². The number of carbonyl (C=O) groups excluding carboxylic acids is 3. The van der Waals surface area contributed by atoms with Crippen molar-refractivity contribution in [1.29, 1.82) is 0 Å². The minimum absolute atomic E-state index is 0.0172. The summed E-state index contributed by atoms with van der Waals surface area (Å²) in [5, 5.41) is 14.7. The van der Waals surface area contributed by atoms with E-state index < -0.39 is 5.60 Å². The molecule has 0 aromatic heterocycles. The van der Waals surface area contributed by atoms with Crippen LogP contribution < -0.4 is 25.8 Å². The van der Waals surface area contributed by atoms with Crippen molar-refractivity contribution in [2.75, 3.05) is 49.1 Å². The van der Waals surface area contributed by atoms with Crippen LogP contribution in [0, 0.1) is 25.7 Å². The van der Waals surface area contributed by atoms with Crippen molar-refractivity contribution in [1.82, 2.24) is 20.9 Å². The van der Waals surface area contributed by atoms with Crippen LogP contribution in [-0.2, 0) is 4.74 Å². The summed E-state index contributed by atoms with van der Waals surface area (Å²) >= 11 is 0. The number of carbonyl (C=O) groups is 3. The second kappa shape index (κ2) is 21.9. The van der Waals surface area contributed by atoms with Crippen LogP contribution in [0.5, 0.6) is 0 Å². The predicted octanol–water partition coefficient (Wildman–Crippen LogP) is 11.8. The third-order valence-corrected chi connectivity index (χ3v) is 13.8. The Bertz CT molecular complexity index is 2750. The Labute approximate surface area is 410 Å². The number of hydrogen-bond donors (Lipinski definition) is 3. The molecule has 10 nitrogen and oxygen atoms in total. The Morgan fingerprint density at radius 2 is 1.07 bits per heavy atom. The number of fused-ring (bicyclic) bond motifs is 2. The standard InChI is InChI=1S/C32H41N3O3.C27H33N3O/c1-21(2)29-20-34(17-18-35(29)31(37)38-32(5,6)7)25-16-15-22(3)28(19-25)30(36)33-23(4)26-14-10-12-24-11-8-9-13-27(24)26;1-18(2)26-17-30(15-14-28-26)22-13-12-19(3)25(16-22)27(31)29-20(4)23-11-7-9-21-8-5-6-10-24(21)23/h8-16,19,21,23,29H,17-18,20H2,1-7H3,(H,33,36);5-13,16,18,20,26,28H,14-15,17H2,1-4H3,(H,29,31)/t23-,29-;20-,26-/m11/s1. The van der Waals surface area contributed by atoms with Crippen LogP contribution in [0.3, 0.4) is 0 Å². The lowest BCUT2D eigenvalue weighted by atomic mass is 9.98. The van der Waals surface area contributed by atoms with Gasteiger partial charge in [-0.2, -0.15) is 0 Å². The summed E-state index contributed by atoms with van der Waals surface area (Å²) in [5.41, 5.74) is 7.19. The largest absolute Gasteiger partial charge is 0.444 e. The summed E-state index contributed by atoms with van der Waals surface area (Å²) in [6.45, 7) is 27.4. The number of amides is 3. The molecular weight excluding hydrogens is 857 g/mol. The monoisotopic (exact) mass is 931 g/mol. The quantitative estimate of drug-likeness (QED) is 0.126. The van der Waals surface area contributed by atoms with Gasteiger partial charge in [-0.15, -0.1) is 0 Å². The maximum atomic E-state index is 13.5. The minimum Gasteiger partial charge on any atom is -0.444 e. The van der Waals surface area contributed by atoms with Crippen molar-refractivity contribution in [3.63, 3.8) is 0 Å². The molecule has 0 unspecified atom stereocenters. The van der Waals surface area contributed by atoms with E-state index in [-0.39, 0.29) is 42.0 Å². The van der Waals surface area contributed by atoms with E-state index >= 15 is 0 Å². The van der Waals surface area contributed by atoms with Gasteiger partial charge in [-0.25, -0.2) is 4.79 Å². The van der Waals surface area contributed by atoms with Crippen molar-refractivity contribution < 1.29 is 19.1 Å². The van der Waals surface area contributed by atoms with Crippen molar-refractivity contribution in [3.8, 4) is 0 Å². The highest BCUT2D eigenvalue weighted by molar-refractivity contribution is 5.98. The Morgan fingerprint density at radius 3 is 1.55 bits per heavy atom. The van der Waals surface area contributed by atoms with Gasteiger partial charge in [0.05, 0.1) is 18.1 Å². The van der Waals surface area contributed by atoms with Gasteiger partial charge in [0, 0.05) is 67.8 Å². The molecule has 2 heterocycles. The molecule has 69 heavy (non-hydrogen) atoms. The second-order valence-electron chi connectivity index (χ2n) is 20.7. The molecule has 2 aliphatic rings. The summed E-state index contributed by atoms with van der Waals surface area (Å²) in [6.07, 6.45) is -0.262. The van der Waals surface area contributed by atoms with Crippen LogP contribution in [-0.4, -0.2) is 79.8 Å². The van der Waals surface area contributed by atoms with Gasteiger partial charge in [0.1, 0.15) is 5.60 Å². The van der Waals surface area contributed by atoms with Crippen LogP contribution in [0.15, 0.2) is 121 Å². The molecule has 0 radical (unpaired) electrons. The molecule has 0 spiro atoms. The third-order valence-electron chi connectivity index (χ3n) is 13.8. The zero-order chi connectivity index (χ0) is 49.6. The van der Waals surface area contributed by atoms with Crippen LogP contribution in [0.1, 0.15) is 117 Å². The normalized spacial score (nSPS) is 17.3. The van der Waals surface area contributed by atoms with E-state index in [1.54, 1.807) is 0 Å². The summed E-state index contributed by atoms with van der Waals surface area (Å²) in [7, 11) is 0. The molecule has 2 fully saturated rings. The zero-order valence-electron chi connectivity index (χ0n) is 42.7. The molecule has 0 saturated carbocycles. The molecule has 6 aromatic carbocycles. The van der Waals surface area contributed by atoms with E-state index in [9.17, 15) is 14.4 Å². The SMILES string of the molecule is Cc1ccc(N2CCN(C(=O)OC(C)(C)C)[C@@H](C(C)C)C2)cc1C(=O)N[C@H](C)c1cccc2ccccc12.Cc1ccc(N2CCN[C@@H](C(C)C)C2)cc1C(=O)N[C@H](C)c1cccc2ccccc12. The topological polar surface area (TPSA) is 106 Å². The van der Waals surface area contributed by atoms with Gasteiger partial charge < -0.3 is 35.4 Å². The van der Waals surface area contributed by atoms with Crippen LogP contribution in [0.4, 0.5) is 16.2 Å². The number of piperazine rings is 2. The maximum Gasteiger partial charge on any atom is 0.410 e. The fourth-order valence-corrected chi connectivity index (χ4v) is 9.68. The average Bonchev–Trinajstić information content (AvgIpc) is 3.33. The summed E-state index contributed by atoms with van der Waals surface area (Å²) in [5.74, 6) is 0.741. The number of nitrogens with zero attached hydrogens (tertiary/aromatic N) is 3. The highest BCUT2D eigenvalue weighted by Crippen LogP contribution is 2.30. The average molecular weight is 931 g/mol. The fraction of sp³-hybridized carbons (Fsp3) is 0.407. The van der Waals surface area contributed by atoms with Crippen molar-refractivity contribution in [2.24, 2.45) is 11.8 Å². The number of hydrogen-bond acceptors (Lipinski definition) is 7. The van der Waals surface area contributed by atoms with Crippen molar-refractivity contribution in [2.45, 2.75) is 106 Å². The lowest BCUT2D eigenvalue weighted by Gasteiger charge is -2.44. The van der Waals surface area contributed by atoms with E-state index in [0.717, 1.165) is 69.6 Å². The Morgan fingerprint density at radius 1 is 0.594 bits per heavy atom. The Hall–Kier alpha value is -6.39. The first-order valence-corrected chi connectivity index (χ1v) is 24.9. The number of benzene rings is 6. The summed E-state index contributed by atoms with van der Waals surface area (Å²) in [4.78, 5) is 46.1. The summed E-state index contributed by atoms with van der Waals surface area (Å²) < 4.78 is 5.68. The lowest BCUT2D eigenvalue weighted by molar-refractivity contribution is 0.00881. The van der Waals surface area contributed by atoms with E-state index in [4.69, 9.17) is 4.74 Å². The highest BCUT2D eigenvalue weighted by atomic mass is 16.6. The molecule has 4 atom stereocenters. The molecule has 364 valence electrons. The molecule has 10 heteroatoms. The molecule has 2 saturated heterocycles. The van der Waals surface area contributed by atoms with Gasteiger partial charge in [0.25, 0.3) is 11.8 Å². The molecule has 6 aromatic rings.